The third kappa shape index (κ3) is 3.55. The molecule has 0 aliphatic carbocycles. The first-order chi connectivity index (χ1) is 10.1. The van der Waals surface area contributed by atoms with E-state index in [4.69, 9.17) is 11.6 Å². The maximum absolute atomic E-state index is 13.0. The molecule has 0 aliphatic heterocycles. The zero-order valence-corrected chi connectivity index (χ0v) is 12.9. The molecule has 0 fully saturated rings. The summed E-state index contributed by atoms with van der Waals surface area (Å²) >= 11 is 6.17. The monoisotopic (exact) mass is 307 g/mol. The number of nitrogens with zero attached hydrogens (tertiary/aromatic N) is 1. The molecule has 0 spiro atoms. The molecule has 0 saturated heterocycles. The summed E-state index contributed by atoms with van der Waals surface area (Å²) < 4.78 is 13.0. The van der Waals surface area contributed by atoms with Crippen LogP contribution < -0.4 is 4.90 Å². The smallest absolute Gasteiger partial charge is 0.123 e. The molecule has 0 saturated carbocycles. The molecule has 1 atom stereocenters. The first-order valence-electron chi connectivity index (χ1n) is 6.98. The average molecular weight is 308 g/mol. The first kappa shape index (κ1) is 15.8. The van der Waals surface area contributed by atoms with Gasteiger partial charge in [0.15, 0.2) is 0 Å². The van der Waals surface area contributed by atoms with Crippen molar-refractivity contribution in [3.8, 4) is 0 Å². The molecule has 1 unspecified atom stereocenters. The summed E-state index contributed by atoms with van der Waals surface area (Å²) in [7, 11) is 0. The number of benzene rings is 2. The van der Waals surface area contributed by atoms with Crippen LogP contribution in [-0.4, -0.2) is 11.7 Å². The molecule has 2 nitrogen and oxygen atoms in total. The summed E-state index contributed by atoms with van der Waals surface area (Å²) in [6.45, 7) is 4.87. The predicted molar refractivity (Wildman–Crippen MR) is 85.2 cm³/mol. The van der Waals surface area contributed by atoms with Crippen molar-refractivity contribution in [2.24, 2.45) is 0 Å². The van der Waals surface area contributed by atoms with Crippen LogP contribution in [0.3, 0.4) is 0 Å². The largest absolute Gasteiger partial charge is 0.392 e. The lowest BCUT2D eigenvalue weighted by molar-refractivity contribution is 0.282. The van der Waals surface area contributed by atoms with Gasteiger partial charge in [-0.1, -0.05) is 29.8 Å². The minimum Gasteiger partial charge on any atom is -0.392 e. The van der Waals surface area contributed by atoms with Gasteiger partial charge < -0.3 is 10.0 Å². The van der Waals surface area contributed by atoms with Gasteiger partial charge in [0, 0.05) is 17.3 Å². The number of rotatable bonds is 5. The van der Waals surface area contributed by atoms with Crippen LogP contribution in [0.25, 0.3) is 0 Å². The van der Waals surface area contributed by atoms with E-state index in [1.54, 1.807) is 12.1 Å². The van der Waals surface area contributed by atoms with Crippen LogP contribution in [0.4, 0.5) is 10.1 Å². The Morgan fingerprint density at radius 1 is 1.19 bits per heavy atom. The number of aliphatic hydroxyl groups excluding tert-OH is 1. The van der Waals surface area contributed by atoms with Gasteiger partial charge in [0.25, 0.3) is 0 Å². The summed E-state index contributed by atoms with van der Waals surface area (Å²) in [5.74, 6) is -0.232. The van der Waals surface area contributed by atoms with Crippen molar-refractivity contribution in [2.75, 3.05) is 11.4 Å². The molecule has 0 radical (unpaired) electrons. The Labute approximate surface area is 129 Å². The van der Waals surface area contributed by atoms with E-state index in [0.29, 0.717) is 10.6 Å². The molecular formula is C17H19ClFNO. The number of hydrogen-bond donors (Lipinski definition) is 1. The molecule has 0 bridgehead atoms. The SMILES string of the molecule is CCN(c1ccc(CO)c(Cl)c1)C(C)c1ccc(F)cc1. The summed E-state index contributed by atoms with van der Waals surface area (Å²) in [6.07, 6.45) is 0. The van der Waals surface area contributed by atoms with Crippen LogP contribution in [0.15, 0.2) is 42.5 Å². The maximum atomic E-state index is 13.0. The van der Waals surface area contributed by atoms with Crippen LogP contribution in [0.2, 0.25) is 5.02 Å². The zero-order valence-electron chi connectivity index (χ0n) is 12.2. The molecule has 0 amide bonds. The van der Waals surface area contributed by atoms with Crippen LogP contribution in [0, 0.1) is 5.82 Å². The van der Waals surface area contributed by atoms with E-state index in [1.165, 1.54) is 12.1 Å². The third-order valence-corrected chi connectivity index (χ3v) is 4.05. The quantitative estimate of drug-likeness (QED) is 0.875. The highest BCUT2D eigenvalue weighted by atomic mass is 35.5. The summed E-state index contributed by atoms with van der Waals surface area (Å²) in [5, 5.41) is 9.74. The second kappa shape index (κ2) is 6.92. The van der Waals surface area contributed by atoms with Gasteiger partial charge in [0.05, 0.1) is 12.6 Å². The van der Waals surface area contributed by atoms with Crippen LogP contribution >= 0.6 is 11.6 Å². The molecule has 2 aromatic rings. The van der Waals surface area contributed by atoms with Gasteiger partial charge in [-0.2, -0.15) is 0 Å². The Kier molecular flexibility index (Phi) is 5.21. The summed E-state index contributed by atoms with van der Waals surface area (Å²) in [4.78, 5) is 2.18. The maximum Gasteiger partial charge on any atom is 0.123 e. The van der Waals surface area contributed by atoms with Crippen molar-refractivity contribution in [3.05, 3.63) is 64.4 Å². The third-order valence-electron chi connectivity index (χ3n) is 3.70. The van der Waals surface area contributed by atoms with Gasteiger partial charge in [0.2, 0.25) is 0 Å². The minimum absolute atomic E-state index is 0.0707. The van der Waals surface area contributed by atoms with E-state index >= 15 is 0 Å². The minimum atomic E-state index is -0.232. The topological polar surface area (TPSA) is 23.5 Å². The Morgan fingerprint density at radius 3 is 2.38 bits per heavy atom. The van der Waals surface area contributed by atoms with Gasteiger partial charge in [-0.25, -0.2) is 4.39 Å². The Bertz CT molecular complexity index is 600. The van der Waals surface area contributed by atoms with E-state index in [2.05, 4.69) is 18.7 Å². The number of halogens is 2. The Balaban J connectivity index is 2.30. The number of hydrogen-bond acceptors (Lipinski definition) is 2. The Hall–Kier alpha value is -1.58. The molecule has 0 aliphatic rings. The van der Waals surface area contributed by atoms with Crippen molar-refractivity contribution in [2.45, 2.75) is 26.5 Å². The number of anilines is 1. The fraction of sp³-hybridized carbons (Fsp3) is 0.294. The summed E-state index contributed by atoms with van der Waals surface area (Å²) in [6, 6.07) is 12.3. The van der Waals surface area contributed by atoms with Gasteiger partial charge in [-0.3, -0.25) is 0 Å². The lowest BCUT2D eigenvalue weighted by atomic mass is 10.1. The molecule has 2 rings (SSSR count). The number of aliphatic hydroxyl groups is 1. The van der Waals surface area contributed by atoms with Crippen molar-refractivity contribution in [1.29, 1.82) is 0 Å². The highest BCUT2D eigenvalue weighted by Gasteiger charge is 2.16. The van der Waals surface area contributed by atoms with Crippen LogP contribution in [-0.2, 0) is 6.61 Å². The van der Waals surface area contributed by atoms with Gasteiger partial charge in [-0.05, 0) is 49.2 Å². The van der Waals surface area contributed by atoms with E-state index in [0.717, 1.165) is 17.8 Å². The van der Waals surface area contributed by atoms with Crippen molar-refractivity contribution >= 4 is 17.3 Å². The fourth-order valence-corrected chi connectivity index (χ4v) is 2.68. The van der Waals surface area contributed by atoms with Crippen molar-refractivity contribution in [1.82, 2.24) is 0 Å². The summed E-state index contributed by atoms with van der Waals surface area (Å²) in [5.41, 5.74) is 2.74. The van der Waals surface area contributed by atoms with Gasteiger partial charge in [0.1, 0.15) is 5.82 Å². The van der Waals surface area contributed by atoms with Crippen molar-refractivity contribution < 1.29 is 9.50 Å². The van der Waals surface area contributed by atoms with Gasteiger partial charge in [-0.15, -0.1) is 0 Å². The van der Waals surface area contributed by atoms with Crippen LogP contribution in [0.1, 0.15) is 31.0 Å². The fourth-order valence-electron chi connectivity index (χ4n) is 2.44. The zero-order chi connectivity index (χ0) is 15.4. The molecule has 4 heteroatoms. The highest BCUT2D eigenvalue weighted by molar-refractivity contribution is 6.31. The van der Waals surface area contributed by atoms with E-state index in [-0.39, 0.29) is 18.5 Å². The predicted octanol–water partition coefficient (Wildman–Crippen LogP) is 4.56. The molecule has 2 aromatic carbocycles. The molecule has 1 N–H and O–H groups in total. The normalized spacial score (nSPS) is 12.2. The standard InChI is InChI=1S/C17H19ClFNO/c1-3-20(12(2)13-4-7-15(19)8-5-13)16-9-6-14(11-21)17(18)10-16/h4-10,12,21H,3,11H2,1-2H3. The van der Waals surface area contributed by atoms with Crippen LogP contribution in [0.5, 0.6) is 0 Å². The van der Waals surface area contributed by atoms with E-state index in [1.807, 2.05) is 18.2 Å². The van der Waals surface area contributed by atoms with Crippen molar-refractivity contribution in [3.63, 3.8) is 0 Å². The molecule has 112 valence electrons. The second-order valence-electron chi connectivity index (χ2n) is 4.95. The molecular weight excluding hydrogens is 289 g/mol. The molecule has 0 aromatic heterocycles. The highest BCUT2D eigenvalue weighted by Crippen LogP contribution is 2.30. The molecule has 21 heavy (non-hydrogen) atoms. The lowest BCUT2D eigenvalue weighted by Crippen LogP contribution is -2.26. The van der Waals surface area contributed by atoms with E-state index in [9.17, 15) is 9.50 Å². The van der Waals surface area contributed by atoms with Gasteiger partial charge >= 0.3 is 0 Å². The average Bonchev–Trinajstić information content (AvgIpc) is 2.49. The van der Waals surface area contributed by atoms with E-state index < -0.39 is 0 Å². The Morgan fingerprint density at radius 2 is 1.86 bits per heavy atom. The molecule has 0 heterocycles. The lowest BCUT2D eigenvalue weighted by Gasteiger charge is -2.31. The second-order valence-corrected chi connectivity index (χ2v) is 5.35. The first-order valence-corrected chi connectivity index (χ1v) is 7.36.